The molecule has 2 rings (SSSR count). The van der Waals surface area contributed by atoms with Gasteiger partial charge in [-0.3, -0.25) is 9.82 Å². The molecule has 1 saturated carbocycles. The average Bonchev–Trinajstić information content (AvgIpc) is 2.63. The van der Waals surface area contributed by atoms with Crippen molar-refractivity contribution in [3.05, 3.63) is 42.7 Å². The second kappa shape index (κ2) is 9.56. The van der Waals surface area contributed by atoms with Crippen LogP contribution in [0.25, 0.3) is 0 Å². The molecule has 0 unspecified atom stereocenters. The van der Waals surface area contributed by atoms with Crippen LogP contribution in [0.3, 0.4) is 0 Å². The van der Waals surface area contributed by atoms with Gasteiger partial charge in [-0.1, -0.05) is 37.2 Å². The minimum absolute atomic E-state index is 0.00865. The van der Waals surface area contributed by atoms with Crippen molar-refractivity contribution >= 4 is 17.8 Å². The lowest BCUT2D eigenvalue weighted by molar-refractivity contribution is -0.134. The molecule has 25 heavy (non-hydrogen) atoms. The van der Waals surface area contributed by atoms with Crippen LogP contribution in [-0.4, -0.2) is 35.5 Å². The molecule has 0 saturated heterocycles. The zero-order valence-electron chi connectivity index (χ0n) is 14.2. The highest BCUT2D eigenvalue weighted by Crippen LogP contribution is 2.26. The maximum Gasteiger partial charge on any atom is 0.535 e. The summed E-state index contributed by atoms with van der Waals surface area (Å²) < 4.78 is 10.2. The van der Waals surface area contributed by atoms with Crippen LogP contribution < -0.4 is 0 Å². The first-order valence-electron chi connectivity index (χ1n) is 8.27. The minimum atomic E-state index is -0.941. The molecule has 0 bridgehead atoms. The normalized spacial score (nSPS) is 20.4. The van der Waals surface area contributed by atoms with E-state index in [0.29, 0.717) is 0 Å². The summed E-state index contributed by atoms with van der Waals surface area (Å²) in [6, 6.07) is 4.93. The van der Waals surface area contributed by atoms with Crippen molar-refractivity contribution in [2.24, 2.45) is 11.1 Å². The van der Waals surface area contributed by atoms with E-state index >= 15 is 0 Å². The quantitative estimate of drug-likeness (QED) is 0.258. The number of aromatic nitrogens is 1. The fourth-order valence-corrected chi connectivity index (χ4v) is 2.58. The summed E-state index contributed by atoms with van der Waals surface area (Å²) in [6.45, 7) is 5.52. The van der Waals surface area contributed by atoms with E-state index in [4.69, 9.17) is 14.3 Å². The van der Waals surface area contributed by atoms with Gasteiger partial charge in [0.15, 0.2) is 0 Å². The predicted octanol–water partition coefficient (Wildman–Crippen LogP) is 3.25. The molecule has 1 aliphatic rings. The van der Waals surface area contributed by atoms with Crippen molar-refractivity contribution in [2.75, 3.05) is 6.61 Å². The molecule has 1 aromatic heterocycles. The lowest BCUT2D eigenvalue weighted by atomic mass is 9.88. The Balaban J connectivity index is 2.04. The Kier molecular flexibility index (Phi) is 7.13. The van der Waals surface area contributed by atoms with Crippen molar-refractivity contribution in [3.8, 4) is 0 Å². The second-order valence-electron chi connectivity index (χ2n) is 5.80. The highest BCUT2D eigenvalue weighted by atomic mass is 16.8. The summed E-state index contributed by atoms with van der Waals surface area (Å²) in [4.78, 5) is 32.8. The van der Waals surface area contributed by atoms with E-state index in [1.54, 1.807) is 18.2 Å². The van der Waals surface area contributed by atoms with Gasteiger partial charge in [-0.25, -0.2) is 9.59 Å². The first-order valence-corrected chi connectivity index (χ1v) is 8.27. The number of oxime groups is 1. The van der Waals surface area contributed by atoms with Gasteiger partial charge in [0, 0.05) is 6.20 Å². The van der Waals surface area contributed by atoms with E-state index in [-0.39, 0.29) is 30.0 Å². The molecular formula is C18H22N2O5. The topological polar surface area (TPSA) is 87.1 Å². The van der Waals surface area contributed by atoms with Crippen LogP contribution in [-0.2, 0) is 19.1 Å². The number of hydrogen-bond acceptors (Lipinski definition) is 7. The minimum Gasteiger partial charge on any atom is -0.457 e. The van der Waals surface area contributed by atoms with Crippen LogP contribution in [0.15, 0.2) is 42.2 Å². The molecule has 2 atom stereocenters. The standard InChI is InChI=1S/C18H22N2O5/c1-3-12-23-17(21)16(14-9-6-7-11-19-14)20-25-18(22)24-15-10-5-4-8-13(15)2/h3,6-7,9,11,13,15H,1,4-5,8,10,12H2,2H3/b20-16+/t13-,15-/m1/s1. The summed E-state index contributed by atoms with van der Waals surface area (Å²) in [7, 11) is 0. The smallest absolute Gasteiger partial charge is 0.457 e. The SMILES string of the molecule is C=CCOC(=O)/C(=N/OC(=O)O[C@@H]1CCCC[C@H]1C)c1ccccn1. The van der Waals surface area contributed by atoms with Crippen molar-refractivity contribution < 1.29 is 23.9 Å². The third-order valence-electron chi connectivity index (χ3n) is 3.92. The molecule has 1 aliphatic carbocycles. The van der Waals surface area contributed by atoms with Gasteiger partial charge >= 0.3 is 12.1 Å². The van der Waals surface area contributed by atoms with Crippen molar-refractivity contribution in [3.63, 3.8) is 0 Å². The van der Waals surface area contributed by atoms with E-state index < -0.39 is 12.1 Å². The van der Waals surface area contributed by atoms with Gasteiger partial charge in [-0.2, -0.15) is 0 Å². The molecule has 134 valence electrons. The van der Waals surface area contributed by atoms with E-state index in [0.717, 1.165) is 25.7 Å². The van der Waals surface area contributed by atoms with E-state index in [9.17, 15) is 9.59 Å². The zero-order valence-corrected chi connectivity index (χ0v) is 14.2. The number of pyridine rings is 1. The largest absolute Gasteiger partial charge is 0.535 e. The molecule has 0 radical (unpaired) electrons. The number of esters is 1. The average molecular weight is 346 g/mol. The Morgan fingerprint density at radius 2 is 2.16 bits per heavy atom. The van der Waals surface area contributed by atoms with Crippen LogP contribution in [0, 0.1) is 5.92 Å². The highest BCUT2D eigenvalue weighted by Gasteiger charge is 2.26. The number of hydrogen-bond donors (Lipinski definition) is 0. The van der Waals surface area contributed by atoms with Gasteiger partial charge < -0.3 is 9.47 Å². The third-order valence-corrected chi connectivity index (χ3v) is 3.92. The lowest BCUT2D eigenvalue weighted by Crippen LogP contribution is -2.28. The van der Waals surface area contributed by atoms with Crippen LogP contribution in [0.2, 0.25) is 0 Å². The fourth-order valence-electron chi connectivity index (χ4n) is 2.58. The van der Waals surface area contributed by atoms with Gasteiger partial charge in [0.25, 0.3) is 0 Å². The van der Waals surface area contributed by atoms with E-state index in [1.807, 2.05) is 6.92 Å². The molecule has 0 N–H and O–H groups in total. The molecule has 0 aromatic carbocycles. The maximum atomic E-state index is 12.1. The number of carbonyl (C=O) groups excluding carboxylic acids is 2. The Bertz CT molecular complexity index is 630. The molecular weight excluding hydrogens is 324 g/mol. The monoisotopic (exact) mass is 346 g/mol. The fraction of sp³-hybridized carbons (Fsp3) is 0.444. The van der Waals surface area contributed by atoms with Crippen LogP contribution in [0.1, 0.15) is 38.3 Å². The Labute approximate surface area is 146 Å². The van der Waals surface area contributed by atoms with Gasteiger partial charge in [0.05, 0.1) is 5.69 Å². The van der Waals surface area contributed by atoms with Crippen LogP contribution in [0.4, 0.5) is 4.79 Å². The maximum absolute atomic E-state index is 12.1. The molecule has 0 spiro atoms. The Morgan fingerprint density at radius 3 is 2.84 bits per heavy atom. The molecule has 0 aliphatic heterocycles. The number of nitrogens with zero attached hydrogens (tertiary/aromatic N) is 2. The van der Waals surface area contributed by atoms with Crippen molar-refractivity contribution in [2.45, 2.75) is 38.7 Å². The Morgan fingerprint density at radius 1 is 1.36 bits per heavy atom. The first-order chi connectivity index (χ1) is 12.1. The van der Waals surface area contributed by atoms with Gasteiger partial charge in [-0.15, -0.1) is 0 Å². The molecule has 0 amide bonds. The molecule has 1 fully saturated rings. The van der Waals surface area contributed by atoms with Gasteiger partial charge in [-0.05, 0) is 37.3 Å². The molecule has 1 aromatic rings. The second-order valence-corrected chi connectivity index (χ2v) is 5.80. The molecule has 7 nitrogen and oxygen atoms in total. The summed E-state index contributed by atoms with van der Waals surface area (Å²) in [5.41, 5.74) is 0.0199. The summed E-state index contributed by atoms with van der Waals surface area (Å²) in [6.07, 6.45) is 5.74. The van der Waals surface area contributed by atoms with Crippen LogP contribution in [0.5, 0.6) is 0 Å². The molecule has 7 heteroatoms. The van der Waals surface area contributed by atoms with E-state index in [2.05, 4.69) is 16.7 Å². The highest BCUT2D eigenvalue weighted by molar-refractivity contribution is 6.42. The summed E-state index contributed by atoms with van der Waals surface area (Å²) in [5.74, 6) is -0.490. The predicted molar refractivity (Wildman–Crippen MR) is 90.9 cm³/mol. The number of rotatable bonds is 6. The third kappa shape index (κ3) is 5.70. The first kappa shape index (κ1) is 18.6. The summed E-state index contributed by atoms with van der Waals surface area (Å²) in [5, 5.41) is 3.61. The van der Waals surface area contributed by atoms with Crippen LogP contribution >= 0.6 is 0 Å². The summed E-state index contributed by atoms with van der Waals surface area (Å²) >= 11 is 0. The van der Waals surface area contributed by atoms with Gasteiger partial charge in [0.2, 0.25) is 5.71 Å². The lowest BCUT2D eigenvalue weighted by Gasteiger charge is -2.27. The Hall–Kier alpha value is -2.70. The zero-order chi connectivity index (χ0) is 18.1. The van der Waals surface area contributed by atoms with E-state index in [1.165, 1.54) is 12.3 Å². The van der Waals surface area contributed by atoms with Crippen molar-refractivity contribution in [1.29, 1.82) is 0 Å². The van der Waals surface area contributed by atoms with Crippen molar-refractivity contribution in [1.82, 2.24) is 4.98 Å². The van der Waals surface area contributed by atoms with Gasteiger partial charge in [0.1, 0.15) is 12.7 Å². The number of ether oxygens (including phenoxy) is 2. The number of carbonyl (C=O) groups is 2. The molecule has 1 heterocycles.